The van der Waals surface area contributed by atoms with Gasteiger partial charge in [-0.3, -0.25) is 0 Å². The molecule has 2 aromatic carbocycles. The van der Waals surface area contributed by atoms with Crippen molar-refractivity contribution in [3.05, 3.63) is 28.8 Å². The minimum absolute atomic E-state index is 0.156. The van der Waals surface area contributed by atoms with Gasteiger partial charge in [0.05, 0.1) is 14.2 Å². The van der Waals surface area contributed by atoms with E-state index in [2.05, 4.69) is 5.32 Å². The lowest BCUT2D eigenvalue weighted by atomic mass is 9.76. The van der Waals surface area contributed by atoms with E-state index < -0.39 is 0 Å². The number of hydrogen-bond acceptors (Lipinski definition) is 6. The number of rotatable bonds is 2. The fourth-order valence-electron chi connectivity index (χ4n) is 4.33. The molecule has 6 heteroatoms. The van der Waals surface area contributed by atoms with Crippen LogP contribution in [0.2, 0.25) is 0 Å². The largest absolute Gasteiger partial charge is 0.504 e. The Hall–Kier alpha value is -2.60. The second kappa shape index (κ2) is 5.20. The van der Waals surface area contributed by atoms with Crippen LogP contribution in [-0.4, -0.2) is 32.7 Å². The highest BCUT2D eigenvalue weighted by molar-refractivity contribution is 5.87. The van der Waals surface area contributed by atoms with Gasteiger partial charge in [-0.05, 0) is 48.2 Å². The predicted octanol–water partition coefficient (Wildman–Crippen LogP) is 2.55. The van der Waals surface area contributed by atoms with Crippen LogP contribution in [-0.2, 0) is 12.8 Å². The molecule has 2 N–H and O–H groups in total. The SMILES string of the molecule is COc1cc2c(cc1O)CC1NCCc3c(OC)c4c(c-2c31)OCO4. The summed E-state index contributed by atoms with van der Waals surface area (Å²) in [5.41, 5.74) is 5.52. The van der Waals surface area contributed by atoms with Crippen molar-refractivity contribution in [2.45, 2.75) is 18.9 Å². The molecule has 25 heavy (non-hydrogen) atoms. The monoisotopic (exact) mass is 341 g/mol. The quantitative estimate of drug-likeness (QED) is 0.875. The molecule has 1 unspecified atom stereocenters. The Morgan fingerprint density at radius 2 is 2.00 bits per heavy atom. The normalized spacial score (nSPS) is 19.2. The Morgan fingerprint density at radius 1 is 1.16 bits per heavy atom. The van der Waals surface area contributed by atoms with Crippen LogP contribution in [0.3, 0.4) is 0 Å². The summed E-state index contributed by atoms with van der Waals surface area (Å²) >= 11 is 0. The second-order valence-corrected chi connectivity index (χ2v) is 6.51. The van der Waals surface area contributed by atoms with Crippen molar-refractivity contribution in [2.75, 3.05) is 27.6 Å². The van der Waals surface area contributed by atoms with Crippen LogP contribution in [0.1, 0.15) is 22.7 Å². The molecule has 0 spiro atoms. The molecule has 5 rings (SSSR count). The summed E-state index contributed by atoms with van der Waals surface area (Å²) in [6.45, 7) is 1.06. The fraction of sp³-hybridized carbons (Fsp3) is 0.368. The van der Waals surface area contributed by atoms with Crippen LogP contribution in [0, 0.1) is 0 Å². The van der Waals surface area contributed by atoms with Gasteiger partial charge in [0.2, 0.25) is 12.5 Å². The van der Waals surface area contributed by atoms with Gasteiger partial charge in [0.1, 0.15) is 0 Å². The minimum atomic E-state index is 0.156. The number of nitrogens with one attached hydrogen (secondary N) is 1. The van der Waals surface area contributed by atoms with Gasteiger partial charge in [-0.25, -0.2) is 0 Å². The standard InChI is InChI=1S/C19H19NO5/c1-22-14-7-11-9(6-13(14)21)5-12-15-10(3-4-20-12)17(23-2)19-18(16(11)15)24-8-25-19/h6-7,12,20-21H,3-5,8H2,1-2H3. The highest BCUT2D eigenvalue weighted by atomic mass is 16.7. The first-order valence-electron chi connectivity index (χ1n) is 8.38. The van der Waals surface area contributed by atoms with Crippen molar-refractivity contribution in [3.8, 4) is 39.9 Å². The van der Waals surface area contributed by atoms with Gasteiger partial charge < -0.3 is 29.4 Å². The average molecular weight is 341 g/mol. The molecule has 0 amide bonds. The Kier molecular flexibility index (Phi) is 3.06. The van der Waals surface area contributed by atoms with Crippen LogP contribution in [0.5, 0.6) is 28.7 Å². The van der Waals surface area contributed by atoms with Crippen molar-refractivity contribution >= 4 is 0 Å². The summed E-state index contributed by atoms with van der Waals surface area (Å²) in [6, 6.07) is 3.85. The number of ether oxygens (including phenoxy) is 4. The Balaban J connectivity index is 1.88. The van der Waals surface area contributed by atoms with E-state index in [0.717, 1.165) is 47.6 Å². The lowest BCUT2D eigenvalue weighted by Gasteiger charge is -2.35. The Labute approximate surface area is 145 Å². The fourth-order valence-corrected chi connectivity index (χ4v) is 4.33. The van der Waals surface area contributed by atoms with Crippen LogP contribution in [0.15, 0.2) is 12.1 Å². The molecule has 2 heterocycles. The van der Waals surface area contributed by atoms with Crippen LogP contribution < -0.4 is 24.3 Å². The first kappa shape index (κ1) is 14.7. The van der Waals surface area contributed by atoms with Gasteiger partial charge in [0.25, 0.3) is 0 Å². The number of methoxy groups -OCH3 is 2. The summed E-state index contributed by atoms with van der Waals surface area (Å²) < 4.78 is 22.6. The topological polar surface area (TPSA) is 69.2 Å². The zero-order valence-corrected chi connectivity index (χ0v) is 14.1. The van der Waals surface area contributed by atoms with E-state index in [9.17, 15) is 5.11 Å². The first-order chi connectivity index (χ1) is 12.2. The van der Waals surface area contributed by atoms with Crippen LogP contribution in [0.4, 0.5) is 0 Å². The van der Waals surface area contributed by atoms with Gasteiger partial charge >= 0.3 is 0 Å². The van der Waals surface area contributed by atoms with Crippen molar-refractivity contribution < 1.29 is 24.1 Å². The summed E-state index contributed by atoms with van der Waals surface area (Å²) in [5.74, 6) is 2.79. The Bertz CT molecular complexity index is 892. The van der Waals surface area contributed by atoms with E-state index in [1.165, 1.54) is 11.1 Å². The van der Waals surface area contributed by atoms with E-state index in [0.29, 0.717) is 11.5 Å². The molecular weight excluding hydrogens is 322 g/mol. The zero-order valence-electron chi connectivity index (χ0n) is 14.1. The number of phenols is 1. The third-order valence-corrected chi connectivity index (χ3v) is 5.33. The zero-order chi connectivity index (χ0) is 17.1. The minimum Gasteiger partial charge on any atom is -0.504 e. The molecular formula is C19H19NO5. The molecule has 2 aliphatic heterocycles. The molecule has 1 atom stereocenters. The summed E-state index contributed by atoms with van der Waals surface area (Å²) in [4.78, 5) is 0. The highest BCUT2D eigenvalue weighted by Crippen LogP contribution is 2.57. The molecule has 0 saturated heterocycles. The van der Waals surface area contributed by atoms with E-state index in [-0.39, 0.29) is 18.6 Å². The maximum absolute atomic E-state index is 10.2. The first-order valence-corrected chi connectivity index (χ1v) is 8.38. The summed E-state index contributed by atoms with van der Waals surface area (Å²) in [5, 5.41) is 13.8. The number of hydrogen-bond donors (Lipinski definition) is 2. The van der Waals surface area contributed by atoms with Crippen molar-refractivity contribution in [3.63, 3.8) is 0 Å². The van der Waals surface area contributed by atoms with E-state index in [1.54, 1.807) is 20.3 Å². The number of benzene rings is 2. The lowest BCUT2D eigenvalue weighted by Crippen LogP contribution is -2.34. The lowest BCUT2D eigenvalue weighted by molar-refractivity contribution is 0.171. The number of phenolic OH excluding ortho intramolecular Hbond substituents is 1. The summed E-state index contributed by atoms with van der Waals surface area (Å²) in [7, 11) is 3.23. The number of aromatic hydroxyl groups is 1. The average Bonchev–Trinajstić information content (AvgIpc) is 3.10. The van der Waals surface area contributed by atoms with Gasteiger partial charge in [0, 0.05) is 17.2 Å². The third-order valence-electron chi connectivity index (χ3n) is 5.33. The van der Waals surface area contributed by atoms with Gasteiger partial charge in [0.15, 0.2) is 23.0 Å². The maximum atomic E-state index is 10.2. The van der Waals surface area contributed by atoms with Crippen molar-refractivity contribution in [1.29, 1.82) is 0 Å². The predicted molar refractivity (Wildman–Crippen MR) is 90.9 cm³/mol. The maximum Gasteiger partial charge on any atom is 0.231 e. The van der Waals surface area contributed by atoms with Crippen LogP contribution in [0.25, 0.3) is 11.1 Å². The molecule has 0 radical (unpaired) electrons. The molecule has 130 valence electrons. The third kappa shape index (κ3) is 1.88. The molecule has 6 nitrogen and oxygen atoms in total. The highest BCUT2D eigenvalue weighted by Gasteiger charge is 2.39. The summed E-state index contributed by atoms with van der Waals surface area (Å²) in [6.07, 6.45) is 1.68. The molecule has 0 aromatic heterocycles. The van der Waals surface area contributed by atoms with E-state index in [1.807, 2.05) is 6.07 Å². The molecule has 3 aliphatic rings. The molecule has 0 saturated carbocycles. The second-order valence-electron chi connectivity index (χ2n) is 6.51. The van der Waals surface area contributed by atoms with Gasteiger partial charge in [-0.1, -0.05) is 0 Å². The smallest absolute Gasteiger partial charge is 0.231 e. The van der Waals surface area contributed by atoms with Crippen LogP contribution >= 0.6 is 0 Å². The van der Waals surface area contributed by atoms with Crippen molar-refractivity contribution in [1.82, 2.24) is 5.32 Å². The van der Waals surface area contributed by atoms with Crippen molar-refractivity contribution in [2.24, 2.45) is 0 Å². The Morgan fingerprint density at radius 3 is 2.80 bits per heavy atom. The number of fused-ring (bicyclic) bond motifs is 4. The van der Waals surface area contributed by atoms with E-state index >= 15 is 0 Å². The molecule has 2 aromatic rings. The molecule has 1 aliphatic carbocycles. The van der Waals surface area contributed by atoms with Gasteiger partial charge in [-0.2, -0.15) is 0 Å². The van der Waals surface area contributed by atoms with Gasteiger partial charge in [-0.15, -0.1) is 0 Å². The molecule has 0 bridgehead atoms. The van der Waals surface area contributed by atoms with E-state index in [4.69, 9.17) is 18.9 Å². The molecule has 0 fully saturated rings.